The van der Waals surface area contributed by atoms with E-state index in [-0.39, 0.29) is 0 Å². The van der Waals surface area contributed by atoms with E-state index in [4.69, 9.17) is 18.6 Å². The van der Waals surface area contributed by atoms with Crippen LogP contribution in [0.25, 0.3) is 6.08 Å². The minimum Gasteiger partial charge on any atom is -0.490 e. The van der Waals surface area contributed by atoms with Crippen LogP contribution in [-0.4, -0.2) is 37.7 Å². The number of nitrogens with one attached hydrogen (secondary N) is 2. The number of halogens is 1. The number of amides is 3. The van der Waals surface area contributed by atoms with Crippen LogP contribution >= 0.6 is 15.9 Å². The predicted octanol–water partition coefficient (Wildman–Crippen LogP) is 3.74. The Kier molecular flexibility index (Phi) is 8.95. The van der Waals surface area contributed by atoms with Crippen LogP contribution in [-0.2, 0) is 14.3 Å². The molecule has 0 fully saturated rings. The Labute approximate surface area is 181 Å². The molecule has 1 aromatic heterocycles. The molecule has 9 nitrogen and oxygen atoms in total. The summed E-state index contributed by atoms with van der Waals surface area (Å²) in [7, 11) is 0. The SMILES string of the molecule is CCOc1ccc(NC(=O)NC(=O)COC(=O)/C=C/c2ccc(Br)o2)cc1OCC. The fourth-order valence-corrected chi connectivity index (χ4v) is 2.53. The minimum absolute atomic E-state index is 0.400. The third-order valence-corrected chi connectivity index (χ3v) is 3.80. The molecule has 0 spiro atoms. The first-order chi connectivity index (χ1) is 14.4. The van der Waals surface area contributed by atoms with Crippen LogP contribution in [0, 0.1) is 0 Å². The first-order valence-corrected chi connectivity index (χ1v) is 9.81. The molecule has 160 valence electrons. The zero-order chi connectivity index (χ0) is 21.9. The van der Waals surface area contributed by atoms with E-state index in [9.17, 15) is 14.4 Å². The van der Waals surface area contributed by atoms with Crippen molar-refractivity contribution in [3.8, 4) is 11.5 Å². The number of esters is 1. The van der Waals surface area contributed by atoms with Crippen molar-refractivity contribution in [3.05, 3.63) is 46.8 Å². The number of benzene rings is 1. The lowest BCUT2D eigenvalue weighted by atomic mass is 10.2. The maximum absolute atomic E-state index is 12.0. The average Bonchev–Trinajstić information content (AvgIpc) is 3.12. The molecule has 10 heteroatoms. The third-order valence-electron chi connectivity index (χ3n) is 3.38. The summed E-state index contributed by atoms with van der Waals surface area (Å²) in [6, 6.07) is 7.36. The van der Waals surface area contributed by atoms with Gasteiger partial charge in [0.15, 0.2) is 22.8 Å². The summed E-state index contributed by atoms with van der Waals surface area (Å²) >= 11 is 3.14. The van der Waals surface area contributed by atoms with Gasteiger partial charge in [0.2, 0.25) is 0 Å². The summed E-state index contributed by atoms with van der Waals surface area (Å²) in [5.41, 5.74) is 0.400. The van der Waals surface area contributed by atoms with Crippen molar-refractivity contribution in [1.82, 2.24) is 5.32 Å². The number of hydrogen-bond acceptors (Lipinski definition) is 7. The molecule has 0 bridgehead atoms. The van der Waals surface area contributed by atoms with Crippen molar-refractivity contribution in [3.63, 3.8) is 0 Å². The maximum Gasteiger partial charge on any atom is 0.331 e. The van der Waals surface area contributed by atoms with Crippen molar-refractivity contribution in [1.29, 1.82) is 0 Å². The minimum atomic E-state index is -0.786. The van der Waals surface area contributed by atoms with Crippen LogP contribution in [0.1, 0.15) is 19.6 Å². The third kappa shape index (κ3) is 7.63. The molecule has 0 aliphatic rings. The number of urea groups is 1. The number of carbonyl (C=O) groups is 3. The number of furan rings is 1. The average molecular weight is 481 g/mol. The van der Waals surface area contributed by atoms with Gasteiger partial charge in [0, 0.05) is 17.8 Å². The molecule has 0 saturated heterocycles. The topological polar surface area (TPSA) is 116 Å². The van der Waals surface area contributed by atoms with Crippen LogP contribution in [0.2, 0.25) is 0 Å². The Morgan fingerprint density at radius 1 is 1.07 bits per heavy atom. The fraction of sp³-hybridized carbons (Fsp3) is 0.250. The van der Waals surface area contributed by atoms with Crippen LogP contribution in [0.3, 0.4) is 0 Å². The van der Waals surface area contributed by atoms with Gasteiger partial charge in [-0.25, -0.2) is 9.59 Å². The summed E-state index contributed by atoms with van der Waals surface area (Å²) in [6.45, 7) is 3.94. The monoisotopic (exact) mass is 480 g/mol. The molecule has 1 heterocycles. The highest BCUT2D eigenvalue weighted by atomic mass is 79.9. The van der Waals surface area contributed by atoms with Gasteiger partial charge in [-0.1, -0.05) is 0 Å². The molecule has 0 aliphatic heterocycles. The predicted molar refractivity (Wildman–Crippen MR) is 112 cm³/mol. The number of rotatable bonds is 9. The lowest BCUT2D eigenvalue weighted by Gasteiger charge is -2.13. The van der Waals surface area contributed by atoms with Gasteiger partial charge in [0.05, 0.1) is 13.2 Å². The first-order valence-electron chi connectivity index (χ1n) is 9.02. The molecule has 0 saturated carbocycles. The van der Waals surface area contributed by atoms with Crippen molar-refractivity contribution < 1.29 is 33.0 Å². The van der Waals surface area contributed by atoms with Crippen LogP contribution in [0.15, 0.2) is 45.5 Å². The highest BCUT2D eigenvalue weighted by Gasteiger charge is 2.12. The molecule has 1 aromatic carbocycles. The summed E-state index contributed by atoms with van der Waals surface area (Å²) in [5, 5.41) is 4.56. The van der Waals surface area contributed by atoms with Gasteiger partial charge >= 0.3 is 12.0 Å². The number of hydrogen-bond donors (Lipinski definition) is 2. The van der Waals surface area contributed by atoms with E-state index in [1.165, 1.54) is 6.08 Å². The quantitative estimate of drug-likeness (QED) is 0.414. The van der Waals surface area contributed by atoms with Gasteiger partial charge in [0.25, 0.3) is 5.91 Å². The second kappa shape index (κ2) is 11.7. The largest absolute Gasteiger partial charge is 0.490 e. The van der Waals surface area contributed by atoms with E-state index in [1.54, 1.807) is 30.3 Å². The Morgan fingerprint density at radius 3 is 2.47 bits per heavy atom. The van der Waals surface area contributed by atoms with Gasteiger partial charge < -0.3 is 23.9 Å². The fourth-order valence-electron chi connectivity index (χ4n) is 2.21. The van der Waals surface area contributed by atoms with Gasteiger partial charge in [-0.2, -0.15) is 0 Å². The molecule has 3 amide bonds. The van der Waals surface area contributed by atoms with Crippen LogP contribution < -0.4 is 20.1 Å². The van der Waals surface area contributed by atoms with E-state index in [2.05, 4.69) is 26.6 Å². The second-order valence-electron chi connectivity index (χ2n) is 5.61. The smallest absolute Gasteiger partial charge is 0.331 e. The van der Waals surface area contributed by atoms with Gasteiger partial charge in [-0.05, 0) is 60.1 Å². The molecular weight excluding hydrogens is 460 g/mol. The van der Waals surface area contributed by atoms with Gasteiger partial charge in [-0.3, -0.25) is 10.1 Å². The summed E-state index contributed by atoms with van der Waals surface area (Å²) in [6.07, 6.45) is 2.49. The second-order valence-corrected chi connectivity index (χ2v) is 6.39. The van der Waals surface area contributed by atoms with E-state index < -0.39 is 24.5 Å². The zero-order valence-electron chi connectivity index (χ0n) is 16.4. The molecule has 0 radical (unpaired) electrons. The molecule has 2 N–H and O–H groups in total. The van der Waals surface area contributed by atoms with E-state index in [0.29, 0.717) is 40.8 Å². The standard InChI is InChI=1S/C20H21BrN2O7/c1-3-27-15-8-5-13(11-16(15)28-4-2)22-20(26)23-18(24)12-29-19(25)10-7-14-6-9-17(21)30-14/h5-11H,3-4,12H2,1-2H3,(H2,22,23,24,26)/b10-7+. The van der Waals surface area contributed by atoms with Crippen molar-refractivity contribution in [2.24, 2.45) is 0 Å². The van der Waals surface area contributed by atoms with Crippen LogP contribution in [0.5, 0.6) is 11.5 Å². The van der Waals surface area contributed by atoms with E-state index in [0.717, 1.165) is 6.08 Å². The number of imide groups is 1. The normalized spacial score (nSPS) is 10.5. The Morgan fingerprint density at radius 2 is 1.80 bits per heavy atom. The summed E-state index contributed by atoms with van der Waals surface area (Å²) in [5.74, 6) is -0.0996. The molecule has 0 unspecified atom stereocenters. The number of carbonyl (C=O) groups excluding carboxylic acids is 3. The Hall–Kier alpha value is -3.27. The molecule has 0 aliphatic carbocycles. The molecule has 2 aromatic rings. The highest BCUT2D eigenvalue weighted by molar-refractivity contribution is 9.10. The molecular formula is C20H21BrN2O7. The van der Waals surface area contributed by atoms with E-state index >= 15 is 0 Å². The van der Waals surface area contributed by atoms with Crippen molar-refractivity contribution >= 4 is 45.6 Å². The molecule has 0 atom stereocenters. The lowest BCUT2D eigenvalue weighted by Crippen LogP contribution is -2.37. The Balaban J connectivity index is 1.81. The van der Waals surface area contributed by atoms with Crippen molar-refractivity contribution in [2.45, 2.75) is 13.8 Å². The zero-order valence-corrected chi connectivity index (χ0v) is 18.0. The summed E-state index contributed by atoms with van der Waals surface area (Å²) in [4.78, 5) is 35.4. The molecule has 2 rings (SSSR count). The van der Waals surface area contributed by atoms with E-state index in [1.807, 2.05) is 13.8 Å². The highest BCUT2D eigenvalue weighted by Crippen LogP contribution is 2.30. The van der Waals surface area contributed by atoms with Crippen LogP contribution in [0.4, 0.5) is 10.5 Å². The molecule has 30 heavy (non-hydrogen) atoms. The van der Waals surface area contributed by atoms with Crippen molar-refractivity contribution in [2.75, 3.05) is 25.1 Å². The van der Waals surface area contributed by atoms with Gasteiger partial charge in [-0.15, -0.1) is 0 Å². The maximum atomic E-state index is 12.0. The Bertz CT molecular complexity index is 924. The summed E-state index contributed by atoms with van der Waals surface area (Å²) < 4.78 is 21.4. The first kappa shape index (κ1) is 23.0. The van der Waals surface area contributed by atoms with Gasteiger partial charge in [0.1, 0.15) is 5.76 Å². The number of anilines is 1. The lowest BCUT2D eigenvalue weighted by molar-refractivity contribution is -0.143. The number of ether oxygens (including phenoxy) is 3.